The van der Waals surface area contributed by atoms with Crippen molar-refractivity contribution in [2.45, 2.75) is 44.6 Å². The first-order valence-electron chi connectivity index (χ1n) is 7.00. The second-order valence-electron chi connectivity index (χ2n) is 5.65. The molecule has 1 saturated heterocycles. The lowest BCUT2D eigenvalue weighted by Gasteiger charge is -2.32. The van der Waals surface area contributed by atoms with Gasteiger partial charge in [-0.15, -0.1) is 0 Å². The SMILES string of the molecule is O=C1CN(CCC2=CCCC2)C(=O)C(C2CC2)N1. The van der Waals surface area contributed by atoms with Crippen molar-refractivity contribution in [3.8, 4) is 0 Å². The number of rotatable bonds is 4. The van der Waals surface area contributed by atoms with Crippen LogP contribution in [0.5, 0.6) is 0 Å². The zero-order valence-electron chi connectivity index (χ0n) is 10.7. The van der Waals surface area contributed by atoms with Crippen molar-refractivity contribution in [1.82, 2.24) is 10.2 Å². The lowest BCUT2D eigenvalue weighted by Crippen LogP contribution is -2.58. The fraction of sp³-hybridized carbons (Fsp3) is 0.714. The third-order valence-corrected chi connectivity index (χ3v) is 4.16. The van der Waals surface area contributed by atoms with Crippen LogP contribution in [0.1, 0.15) is 38.5 Å². The van der Waals surface area contributed by atoms with Crippen LogP contribution in [0.3, 0.4) is 0 Å². The van der Waals surface area contributed by atoms with E-state index in [1.165, 1.54) is 24.8 Å². The molecule has 0 spiro atoms. The second-order valence-corrected chi connectivity index (χ2v) is 5.65. The molecule has 98 valence electrons. The van der Waals surface area contributed by atoms with E-state index in [4.69, 9.17) is 0 Å². The predicted molar refractivity (Wildman–Crippen MR) is 67.8 cm³/mol. The Bertz CT molecular complexity index is 399. The van der Waals surface area contributed by atoms with Gasteiger partial charge in [-0.05, 0) is 44.4 Å². The molecule has 0 radical (unpaired) electrons. The number of allylic oxidation sites excluding steroid dienone is 1. The summed E-state index contributed by atoms with van der Waals surface area (Å²) in [6, 6.07) is -0.233. The van der Waals surface area contributed by atoms with E-state index in [9.17, 15) is 9.59 Å². The maximum atomic E-state index is 12.2. The topological polar surface area (TPSA) is 49.4 Å². The summed E-state index contributed by atoms with van der Waals surface area (Å²) in [7, 11) is 0. The molecule has 4 nitrogen and oxygen atoms in total. The van der Waals surface area contributed by atoms with Crippen molar-refractivity contribution >= 4 is 11.8 Å². The molecule has 0 aromatic rings. The highest BCUT2D eigenvalue weighted by Gasteiger charge is 2.42. The summed E-state index contributed by atoms with van der Waals surface area (Å²) in [6.07, 6.45) is 8.97. The molecule has 1 N–H and O–H groups in total. The fourth-order valence-electron chi connectivity index (χ4n) is 2.91. The van der Waals surface area contributed by atoms with Gasteiger partial charge in [-0.2, -0.15) is 0 Å². The third-order valence-electron chi connectivity index (χ3n) is 4.16. The van der Waals surface area contributed by atoms with Crippen LogP contribution in [0.25, 0.3) is 0 Å². The number of carbonyl (C=O) groups is 2. The summed E-state index contributed by atoms with van der Waals surface area (Å²) in [5, 5.41) is 2.84. The number of hydrogen-bond acceptors (Lipinski definition) is 2. The number of carbonyl (C=O) groups excluding carboxylic acids is 2. The summed E-state index contributed by atoms with van der Waals surface area (Å²) in [5.41, 5.74) is 1.46. The Morgan fingerprint density at radius 3 is 2.83 bits per heavy atom. The number of hydrogen-bond donors (Lipinski definition) is 1. The van der Waals surface area contributed by atoms with Gasteiger partial charge in [0.25, 0.3) is 0 Å². The standard InChI is InChI=1S/C14H20N2O2/c17-12-9-16(8-7-10-3-1-2-4-10)14(18)13(15-12)11-5-6-11/h3,11,13H,1-2,4-9H2,(H,15,17). The molecule has 1 aliphatic heterocycles. The molecule has 0 aromatic carbocycles. The van der Waals surface area contributed by atoms with E-state index < -0.39 is 0 Å². The van der Waals surface area contributed by atoms with Crippen molar-refractivity contribution in [3.63, 3.8) is 0 Å². The quantitative estimate of drug-likeness (QED) is 0.761. The average Bonchev–Trinajstić information content (AvgIpc) is 3.06. The van der Waals surface area contributed by atoms with Crippen LogP contribution in [-0.2, 0) is 9.59 Å². The fourth-order valence-corrected chi connectivity index (χ4v) is 2.91. The van der Waals surface area contributed by atoms with Crippen LogP contribution in [0.2, 0.25) is 0 Å². The number of amides is 2. The Balaban J connectivity index is 1.59. The molecule has 0 bridgehead atoms. The highest BCUT2D eigenvalue weighted by atomic mass is 16.2. The molecule has 2 fully saturated rings. The van der Waals surface area contributed by atoms with Crippen LogP contribution >= 0.6 is 0 Å². The molecule has 18 heavy (non-hydrogen) atoms. The Kier molecular flexibility index (Phi) is 3.10. The van der Waals surface area contributed by atoms with Gasteiger partial charge < -0.3 is 10.2 Å². The molecule has 1 saturated carbocycles. The van der Waals surface area contributed by atoms with Gasteiger partial charge >= 0.3 is 0 Å². The minimum Gasteiger partial charge on any atom is -0.342 e. The van der Waals surface area contributed by atoms with Gasteiger partial charge in [0.1, 0.15) is 6.04 Å². The highest BCUT2D eigenvalue weighted by molar-refractivity contribution is 5.95. The van der Waals surface area contributed by atoms with Gasteiger partial charge in [-0.1, -0.05) is 11.6 Å². The minimum atomic E-state index is -0.233. The molecule has 3 rings (SSSR count). The number of nitrogens with zero attached hydrogens (tertiary/aromatic N) is 1. The lowest BCUT2D eigenvalue weighted by atomic mass is 10.1. The zero-order chi connectivity index (χ0) is 12.5. The van der Waals surface area contributed by atoms with E-state index in [0.29, 0.717) is 12.5 Å². The Labute approximate surface area is 107 Å². The van der Waals surface area contributed by atoms with E-state index in [1.807, 2.05) is 0 Å². The molecule has 1 atom stereocenters. The molecule has 3 aliphatic rings. The molecule has 1 unspecified atom stereocenters. The van der Waals surface area contributed by atoms with Gasteiger partial charge in [-0.3, -0.25) is 9.59 Å². The van der Waals surface area contributed by atoms with Crippen LogP contribution in [-0.4, -0.2) is 35.8 Å². The maximum absolute atomic E-state index is 12.2. The van der Waals surface area contributed by atoms with Crippen molar-refractivity contribution < 1.29 is 9.59 Å². The van der Waals surface area contributed by atoms with Gasteiger partial charge in [0.2, 0.25) is 11.8 Å². The minimum absolute atomic E-state index is 0.00639. The van der Waals surface area contributed by atoms with Crippen LogP contribution in [0.4, 0.5) is 0 Å². The Hall–Kier alpha value is -1.32. The largest absolute Gasteiger partial charge is 0.342 e. The summed E-state index contributed by atoms with van der Waals surface area (Å²) in [6.45, 7) is 0.955. The smallest absolute Gasteiger partial charge is 0.245 e. The first-order chi connectivity index (χ1) is 8.74. The van der Waals surface area contributed by atoms with Gasteiger partial charge in [0.05, 0.1) is 6.54 Å². The molecule has 0 aromatic heterocycles. The van der Waals surface area contributed by atoms with E-state index >= 15 is 0 Å². The summed E-state index contributed by atoms with van der Waals surface area (Å²) >= 11 is 0. The zero-order valence-corrected chi connectivity index (χ0v) is 10.7. The maximum Gasteiger partial charge on any atom is 0.245 e. The number of piperazine rings is 1. The summed E-state index contributed by atoms with van der Waals surface area (Å²) < 4.78 is 0. The average molecular weight is 248 g/mol. The summed E-state index contributed by atoms with van der Waals surface area (Å²) in [5.74, 6) is 0.539. The molecule has 2 amide bonds. The predicted octanol–water partition coefficient (Wildman–Crippen LogP) is 1.22. The molecule has 1 heterocycles. The van der Waals surface area contributed by atoms with Crippen LogP contribution in [0.15, 0.2) is 11.6 Å². The summed E-state index contributed by atoms with van der Waals surface area (Å²) in [4.78, 5) is 25.6. The molecular weight excluding hydrogens is 228 g/mol. The van der Waals surface area contributed by atoms with E-state index in [1.54, 1.807) is 4.90 Å². The highest BCUT2D eigenvalue weighted by Crippen LogP contribution is 2.34. The van der Waals surface area contributed by atoms with E-state index in [2.05, 4.69) is 11.4 Å². The first kappa shape index (κ1) is 11.8. The Morgan fingerprint density at radius 1 is 1.33 bits per heavy atom. The normalized spacial score (nSPS) is 28.3. The van der Waals surface area contributed by atoms with E-state index in [-0.39, 0.29) is 24.4 Å². The van der Waals surface area contributed by atoms with Crippen molar-refractivity contribution in [3.05, 3.63) is 11.6 Å². The van der Waals surface area contributed by atoms with E-state index in [0.717, 1.165) is 19.3 Å². The lowest BCUT2D eigenvalue weighted by molar-refractivity contribution is -0.144. The molecule has 2 aliphatic carbocycles. The van der Waals surface area contributed by atoms with Gasteiger partial charge in [-0.25, -0.2) is 0 Å². The van der Waals surface area contributed by atoms with Gasteiger partial charge in [0.15, 0.2) is 0 Å². The number of nitrogens with one attached hydrogen (secondary N) is 1. The van der Waals surface area contributed by atoms with Crippen molar-refractivity contribution in [2.75, 3.05) is 13.1 Å². The Morgan fingerprint density at radius 2 is 2.17 bits per heavy atom. The molecular formula is C14H20N2O2. The molecule has 4 heteroatoms. The first-order valence-corrected chi connectivity index (χ1v) is 7.00. The second kappa shape index (κ2) is 4.75. The monoisotopic (exact) mass is 248 g/mol. The van der Waals surface area contributed by atoms with Crippen LogP contribution in [0, 0.1) is 5.92 Å². The van der Waals surface area contributed by atoms with Crippen molar-refractivity contribution in [1.29, 1.82) is 0 Å². The van der Waals surface area contributed by atoms with Crippen molar-refractivity contribution in [2.24, 2.45) is 5.92 Å². The third kappa shape index (κ3) is 2.42. The van der Waals surface area contributed by atoms with Gasteiger partial charge in [0, 0.05) is 6.54 Å². The van der Waals surface area contributed by atoms with Crippen LogP contribution < -0.4 is 5.32 Å².